The normalized spacial score (nSPS) is 12.6. The number of rotatable bonds is 4. The van der Waals surface area contributed by atoms with Gasteiger partial charge >= 0.3 is 0 Å². The number of nitrogens with one attached hydrogen (secondary N) is 1. The predicted molar refractivity (Wildman–Crippen MR) is 61.5 cm³/mol. The minimum Gasteiger partial charge on any atom is -0.348 e. The average Bonchev–Trinajstić information content (AvgIpc) is 2.28. The van der Waals surface area contributed by atoms with E-state index in [1.54, 1.807) is 0 Å². The molecule has 0 heterocycles. The molecule has 0 saturated heterocycles. The SMILES string of the molecule is CC(C)C(CN)NC(=O)c1cc(F)ccc1F. The first-order valence-electron chi connectivity index (χ1n) is 5.41. The van der Waals surface area contributed by atoms with Crippen molar-refractivity contribution in [1.29, 1.82) is 0 Å². The summed E-state index contributed by atoms with van der Waals surface area (Å²) in [5.74, 6) is -1.92. The summed E-state index contributed by atoms with van der Waals surface area (Å²) in [6.45, 7) is 4.03. The second kappa shape index (κ2) is 5.72. The van der Waals surface area contributed by atoms with Gasteiger partial charge in [0.25, 0.3) is 5.91 Å². The van der Waals surface area contributed by atoms with Gasteiger partial charge in [-0.15, -0.1) is 0 Å². The van der Waals surface area contributed by atoms with Crippen LogP contribution in [0.2, 0.25) is 0 Å². The number of halogens is 2. The standard InChI is InChI=1S/C12H16F2N2O/c1-7(2)11(6-15)16-12(17)9-5-8(13)3-4-10(9)14/h3-5,7,11H,6,15H2,1-2H3,(H,16,17). The highest BCUT2D eigenvalue weighted by molar-refractivity contribution is 5.94. The van der Waals surface area contributed by atoms with Crippen molar-refractivity contribution in [2.75, 3.05) is 6.54 Å². The lowest BCUT2D eigenvalue weighted by molar-refractivity contribution is 0.0923. The number of carbonyl (C=O) groups excluding carboxylic acids is 1. The average molecular weight is 242 g/mol. The van der Waals surface area contributed by atoms with E-state index in [4.69, 9.17) is 5.73 Å². The van der Waals surface area contributed by atoms with E-state index in [0.717, 1.165) is 18.2 Å². The summed E-state index contributed by atoms with van der Waals surface area (Å²) in [5, 5.41) is 2.58. The molecular weight excluding hydrogens is 226 g/mol. The Balaban J connectivity index is 2.86. The fourth-order valence-electron chi connectivity index (χ4n) is 1.42. The number of hydrogen-bond acceptors (Lipinski definition) is 2. The maximum Gasteiger partial charge on any atom is 0.254 e. The molecule has 0 spiro atoms. The topological polar surface area (TPSA) is 55.1 Å². The summed E-state index contributed by atoms with van der Waals surface area (Å²) >= 11 is 0. The van der Waals surface area contributed by atoms with Gasteiger partial charge in [0.05, 0.1) is 5.56 Å². The Labute approximate surface area is 99.0 Å². The van der Waals surface area contributed by atoms with Gasteiger partial charge in [-0.05, 0) is 24.1 Å². The summed E-state index contributed by atoms with van der Waals surface area (Å²) in [6, 6.07) is 2.51. The van der Waals surface area contributed by atoms with Crippen molar-refractivity contribution >= 4 is 5.91 Å². The van der Waals surface area contributed by atoms with Gasteiger partial charge in [0, 0.05) is 12.6 Å². The molecular formula is C12H16F2N2O. The van der Waals surface area contributed by atoms with Crippen molar-refractivity contribution in [1.82, 2.24) is 5.32 Å². The molecule has 0 fully saturated rings. The zero-order valence-electron chi connectivity index (χ0n) is 9.84. The molecule has 1 atom stereocenters. The van der Waals surface area contributed by atoms with Crippen LogP contribution < -0.4 is 11.1 Å². The largest absolute Gasteiger partial charge is 0.348 e. The third-order valence-electron chi connectivity index (χ3n) is 2.55. The van der Waals surface area contributed by atoms with Gasteiger partial charge in [-0.1, -0.05) is 13.8 Å². The molecule has 1 aromatic rings. The van der Waals surface area contributed by atoms with E-state index >= 15 is 0 Å². The zero-order valence-corrected chi connectivity index (χ0v) is 9.84. The van der Waals surface area contributed by atoms with E-state index in [1.807, 2.05) is 13.8 Å². The number of amides is 1. The maximum absolute atomic E-state index is 13.3. The maximum atomic E-state index is 13.3. The first kappa shape index (κ1) is 13.6. The van der Waals surface area contributed by atoms with Crippen LogP contribution in [-0.2, 0) is 0 Å². The minimum absolute atomic E-state index is 0.126. The lowest BCUT2D eigenvalue weighted by Crippen LogP contribution is -2.43. The molecule has 0 saturated carbocycles. The number of carbonyl (C=O) groups is 1. The molecule has 0 aromatic heterocycles. The van der Waals surface area contributed by atoms with Crippen LogP contribution in [-0.4, -0.2) is 18.5 Å². The molecule has 0 aliphatic heterocycles. The first-order valence-corrected chi connectivity index (χ1v) is 5.41. The Hall–Kier alpha value is -1.49. The minimum atomic E-state index is -0.747. The lowest BCUT2D eigenvalue weighted by atomic mass is 10.0. The monoisotopic (exact) mass is 242 g/mol. The van der Waals surface area contributed by atoms with Gasteiger partial charge < -0.3 is 11.1 Å². The third-order valence-corrected chi connectivity index (χ3v) is 2.55. The van der Waals surface area contributed by atoms with Gasteiger partial charge in [0.15, 0.2) is 0 Å². The van der Waals surface area contributed by atoms with Crippen LogP contribution in [0.15, 0.2) is 18.2 Å². The molecule has 0 aliphatic rings. The fraction of sp³-hybridized carbons (Fsp3) is 0.417. The van der Waals surface area contributed by atoms with Gasteiger partial charge in [0.1, 0.15) is 11.6 Å². The Bertz CT molecular complexity index is 407. The summed E-state index contributed by atoms with van der Waals surface area (Å²) < 4.78 is 26.2. The Morgan fingerprint density at radius 3 is 2.59 bits per heavy atom. The summed E-state index contributed by atoms with van der Waals surface area (Å²) in [7, 11) is 0. The predicted octanol–water partition coefficient (Wildman–Crippen LogP) is 1.68. The third kappa shape index (κ3) is 3.49. The van der Waals surface area contributed by atoms with E-state index in [-0.39, 0.29) is 24.1 Å². The van der Waals surface area contributed by atoms with Gasteiger partial charge in [0.2, 0.25) is 0 Å². The molecule has 5 heteroatoms. The van der Waals surface area contributed by atoms with Crippen LogP contribution in [0.4, 0.5) is 8.78 Å². The molecule has 94 valence electrons. The molecule has 3 N–H and O–H groups in total. The van der Waals surface area contributed by atoms with Crippen LogP contribution in [0, 0.1) is 17.6 Å². The van der Waals surface area contributed by atoms with E-state index < -0.39 is 17.5 Å². The number of nitrogens with two attached hydrogens (primary N) is 1. The summed E-state index contributed by atoms with van der Waals surface area (Å²) in [6.07, 6.45) is 0. The molecule has 1 unspecified atom stereocenters. The summed E-state index contributed by atoms with van der Waals surface area (Å²) in [5.41, 5.74) is 5.18. The second-order valence-corrected chi connectivity index (χ2v) is 4.18. The quantitative estimate of drug-likeness (QED) is 0.844. The summed E-state index contributed by atoms with van der Waals surface area (Å²) in [4.78, 5) is 11.7. The van der Waals surface area contributed by atoms with Crippen molar-refractivity contribution in [2.24, 2.45) is 11.7 Å². The smallest absolute Gasteiger partial charge is 0.254 e. The fourth-order valence-corrected chi connectivity index (χ4v) is 1.42. The van der Waals surface area contributed by atoms with E-state index in [0.29, 0.717) is 0 Å². The van der Waals surface area contributed by atoms with Crippen molar-refractivity contribution in [2.45, 2.75) is 19.9 Å². The van der Waals surface area contributed by atoms with Crippen molar-refractivity contribution in [3.63, 3.8) is 0 Å². The molecule has 1 amide bonds. The molecule has 0 radical (unpaired) electrons. The molecule has 1 rings (SSSR count). The number of hydrogen-bond donors (Lipinski definition) is 2. The zero-order chi connectivity index (χ0) is 13.0. The Morgan fingerprint density at radius 2 is 2.06 bits per heavy atom. The highest BCUT2D eigenvalue weighted by Gasteiger charge is 2.18. The molecule has 0 bridgehead atoms. The van der Waals surface area contributed by atoms with E-state index in [2.05, 4.69) is 5.32 Å². The van der Waals surface area contributed by atoms with Gasteiger partial charge in [-0.3, -0.25) is 4.79 Å². The van der Waals surface area contributed by atoms with Crippen molar-refractivity contribution in [3.05, 3.63) is 35.4 Å². The van der Waals surface area contributed by atoms with Gasteiger partial charge in [-0.2, -0.15) is 0 Å². The highest BCUT2D eigenvalue weighted by Crippen LogP contribution is 2.10. The molecule has 3 nitrogen and oxygen atoms in total. The second-order valence-electron chi connectivity index (χ2n) is 4.18. The molecule has 1 aromatic carbocycles. The van der Waals surface area contributed by atoms with E-state index in [9.17, 15) is 13.6 Å². The molecule has 17 heavy (non-hydrogen) atoms. The van der Waals surface area contributed by atoms with E-state index in [1.165, 1.54) is 0 Å². The highest BCUT2D eigenvalue weighted by atomic mass is 19.1. The van der Waals surface area contributed by atoms with Crippen LogP contribution in [0.25, 0.3) is 0 Å². The van der Waals surface area contributed by atoms with Gasteiger partial charge in [-0.25, -0.2) is 8.78 Å². The lowest BCUT2D eigenvalue weighted by Gasteiger charge is -2.20. The van der Waals surface area contributed by atoms with Crippen LogP contribution >= 0.6 is 0 Å². The van der Waals surface area contributed by atoms with Crippen molar-refractivity contribution in [3.8, 4) is 0 Å². The van der Waals surface area contributed by atoms with Crippen LogP contribution in [0.5, 0.6) is 0 Å². The van der Waals surface area contributed by atoms with Crippen LogP contribution in [0.3, 0.4) is 0 Å². The first-order chi connectivity index (χ1) is 7.95. The number of benzene rings is 1. The Kier molecular flexibility index (Phi) is 4.57. The Morgan fingerprint density at radius 1 is 1.41 bits per heavy atom. The van der Waals surface area contributed by atoms with Crippen LogP contribution in [0.1, 0.15) is 24.2 Å². The molecule has 0 aliphatic carbocycles. The van der Waals surface area contributed by atoms with Crippen molar-refractivity contribution < 1.29 is 13.6 Å².